The maximum atomic E-state index is 11.8. The van der Waals surface area contributed by atoms with Crippen molar-refractivity contribution in [3.63, 3.8) is 0 Å². The minimum Gasteiger partial charge on any atom is -0.348 e. The molecule has 0 atom stereocenters. The third-order valence-electron chi connectivity index (χ3n) is 5.20. The van der Waals surface area contributed by atoms with E-state index in [2.05, 4.69) is 81.8 Å². The lowest BCUT2D eigenvalue weighted by molar-refractivity contribution is -0.116. The van der Waals surface area contributed by atoms with E-state index >= 15 is 0 Å². The van der Waals surface area contributed by atoms with Crippen molar-refractivity contribution in [1.82, 2.24) is 0 Å². The Labute approximate surface area is 164 Å². The van der Waals surface area contributed by atoms with Crippen LogP contribution in [-0.2, 0) is 11.2 Å². The molecule has 2 heteroatoms. The highest BCUT2D eigenvalue weighted by Gasteiger charge is 2.14. The molecule has 0 aromatic heterocycles. The van der Waals surface area contributed by atoms with Gasteiger partial charge in [0, 0.05) is 24.9 Å². The van der Waals surface area contributed by atoms with Gasteiger partial charge in [0.2, 0.25) is 0 Å². The quantitative estimate of drug-likeness (QED) is 0.529. The predicted molar refractivity (Wildman–Crippen MR) is 116 cm³/mol. The van der Waals surface area contributed by atoms with Gasteiger partial charge in [-0.3, -0.25) is 4.79 Å². The van der Waals surface area contributed by atoms with E-state index in [0.29, 0.717) is 6.42 Å². The van der Waals surface area contributed by atoms with Crippen LogP contribution in [0, 0.1) is 20.8 Å². The minimum atomic E-state index is 0.159. The zero-order valence-corrected chi connectivity index (χ0v) is 17.3. The molecular formula is C25H31NO. The van der Waals surface area contributed by atoms with Crippen LogP contribution in [0.5, 0.6) is 0 Å². The zero-order valence-electron chi connectivity index (χ0n) is 17.3. The number of benzene rings is 2. The Morgan fingerprint density at radius 2 is 1.81 bits per heavy atom. The maximum Gasteiger partial charge on any atom is 0.134 e. The summed E-state index contributed by atoms with van der Waals surface area (Å²) < 4.78 is 0. The van der Waals surface area contributed by atoms with E-state index in [1.165, 1.54) is 22.3 Å². The first-order valence-corrected chi connectivity index (χ1v) is 9.53. The van der Waals surface area contributed by atoms with E-state index in [0.717, 1.165) is 29.8 Å². The molecule has 0 aliphatic carbocycles. The third-order valence-corrected chi connectivity index (χ3v) is 5.20. The number of aryl methyl sites for hydroxylation is 3. The minimum absolute atomic E-state index is 0.159. The Morgan fingerprint density at radius 1 is 1.11 bits per heavy atom. The third kappa shape index (κ3) is 5.43. The molecule has 0 unspecified atom stereocenters. The number of anilines is 1. The van der Waals surface area contributed by atoms with Gasteiger partial charge in [0.05, 0.1) is 0 Å². The van der Waals surface area contributed by atoms with Gasteiger partial charge in [0.15, 0.2) is 0 Å². The fraction of sp³-hybridized carbons (Fsp3) is 0.320. The van der Waals surface area contributed by atoms with Crippen molar-refractivity contribution in [2.24, 2.45) is 0 Å². The molecule has 0 saturated heterocycles. The molecule has 0 fully saturated rings. The van der Waals surface area contributed by atoms with Crippen molar-refractivity contribution < 1.29 is 4.79 Å². The lowest BCUT2D eigenvalue weighted by Gasteiger charge is -2.26. The Kier molecular flexibility index (Phi) is 7.18. The van der Waals surface area contributed by atoms with Crippen molar-refractivity contribution in [2.75, 3.05) is 11.9 Å². The van der Waals surface area contributed by atoms with Crippen LogP contribution >= 0.6 is 0 Å². The van der Waals surface area contributed by atoms with E-state index in [4.69, 9.17) is 0 Å². The van der Waals surface area contributed by atoms with Gasteiger partial charge in [-0.15, -0.1) is 0 Å². The number of carbonyl (C=O) groups is 1. The summed E-state index contributed by atoms with van der Waals surface area (Å²) in [6.45, 7) is 12.0. The molecule has 142 valence electrons. The van der Waals surface area contributed by atoms with E-state index < -0.39 is 0 Å². The van der Waals surface area contributed by atoms with Crippen molar-refractivity contribution in [3.8, 4) is 0 Å². The molecule has 2 rings (SSSR count). The number of Topliss-reactive ketones (excluding diaryl/α,β-unsaturated/α-hetero) is 1. The highest BCUT2D eigenvalue weighted by atomic mass is 16.1. The molecular weight excluding hydrogens is 330 g/mol. The number of hydrogen-bond acceptors (Lipinski definition) is 2. The molecule has 0 amide bonds. The van der Waals surface area contributed by atoms with Gasteiger partial charge < -0.3 is 4.90 Å². The molecule has 0 aliphatic rings. The van der Waals surface area contributed by atoms with Crippen LogP contribution in [0.4, 0.5) is 5.69 Å². The zero-order chi connectivity index (χ0) is 20.0. The summed E-state index contributed by atoms with van der Waals surface area (Å²) in [6.07, 6.45) is 4.06. The highest BCUT2D eigenvalue weighted by molar-refractivity contribution is 5.79. The van der Waals surface area contributed by atoms with Gasteiger partial charge >= 0.3 is 0 Å². The first-order chi connectivity index (χ1) is 12.8. The van der Waals surface area contributed by atoms with Gasteiger partial charge in [-0.25, -0.2) is 0 Å². The molecule has 2 aromatic rings. The predicted octanol–water partition coefficient (Wildman–Crippen LogP) is 6.10. The average Bonchev–Trinajstić information content (AvgIpc) is 2.63. The van der Waals surface area contributed by atoms with Crippen LogP contribution in [0.3, 0.4) is 0 Å². The fourth-order valence-electron chi connectivity index (χ4n) is 3.43. The molecule has 0 spiro atoms. The monoisotopic (exact) mass is 361 g/mol. The Balaban J connectivity index is 2.40. The van der Waals surface area contributed by atoms with E-state index in [9.17, 15) is 4.79 Å². The summed E-state index contributed by atoms with van der Waals surface area (Å²) in [5.74, 6) is 0.159. The summed E-state index contributed by atoms with van der Waals surface area (Å²) >= 11 is 0. The molecule has 2 aromatic carbocycles. The normalized spacial score (nSPS) is 11.7. The first kappa shape index (κ1) is 20.7. The molecule has 0 bridgehead atoms. The molecule has 2 nitrogen and oxygen atoms in total. The van der Waals surface area contributed by atoms with Crippen LogP contribution in [0.2, 0.25) is 0 Å². The van der Waals surface area contributed by atoms with Gasteiger partial charge in [0.25, 0.3) is 0 Å². The lowest BCUT2D eigenvalue weighted by atomic mass is 9.96. The molecule has 0 heterocycles. The Hall–Kier alpha value is -2.61. The number of carbonyl (C=O) groups excluding carboxylic acids is 1. The summed E-state index contributed by atoms with van der Waals surface area (Å²) in [6, 6.07) is 14.9. The standard InChI is InChI=1S/C25H31NO/c1-7-22(17-20(4)27)25(26(6)24-13-8-10-18(2)16-24)15-14-23-12-9-11-19(3)21(23)5/h7-13,16H,1,14-15,17H2,2-6H3/b25-22+. The largest absolute Gasteiger partial charge is 0.348 e. The van der Waals surface area contributed by atoms with E-state index in [-0.39, 0.29) is 5.78 Å². The van der Waals surface area contributed by atoms with Crippen molar-refractivity contribution >= 4 is 11.5 Å². The van der Waals surface area contributed by atoms with Crippen LogP contribution in [0.15, 0.2) is 66.4 Å². The van der Waals surface area contributed by atoms with Crippen LogP contribution < -0.4 is 4.90 Å². The van der Waals surface area contributed by atoms with Gasteiger partial charge in [-0.05, 0) is 80.5 Å². The topological polar surface area (TPSA) is 20.3 Å². The smallest absolute Gasteiger partial charge is 0.134 e. The molecule has 0 N–H and O–H groups in total. The van der Waals surface area contributed by atoms with Gasteiger partial charge in [-0.1, -0.05) is 43.0 Å². The average molecular weight is 362 g/mol. The summed E-state index contributed by atoms with van der Waals surface area (Å²) in [7, 11) is 2.08. The molecule has 0 saturated carbocycles. The summed E-state index contributed by atoms with van der Waals surface area (Å²) in [4.78, 5) is 14.0. The van der Waals surface area contributed by atoms with Gasteiger partial charge in [0.1, 0.15) is 5.78 Å². The second-order valence-corrected chi connectivity index (χ2v) is 7.31. The van der Waals surface area contributed by atoms with Crippen molar-refractivity contribution in [2.45, 2.75) is 47.0 Å². The van der Waals surface area contributed by atoms with Crippen LogP contribution in [-0.4, -0.2) is 12.8 Å². The van der Waals surface area contributed by atoms with E-state index in [1.807, 2.05) is 6.08 Å². The van der Waals surface area contributed by atoms with Crippen molar-refractivity contribution in [1.29, 1.82) is 0 Å². The highest BCUT2D eigenvalue weighted by Crippen LogP contribution is 2.27. The van der Waals surface area contributed by atoms with Gasteiger partial charge in [-0.2, -0.15) is 0 Å². The first-order valence-electron chi connectivity index (χ1n) is 9.53. The summed E-state index contributed by atoms with van der Waals surface area (Å²) in [5.41, 5.74) is 8.55. The Bertz CT molecular complexity index is 860. The number of rotatable bonds is 8. The summed E-state index contributed by atoms with van der Waals surface area (Å²) in [5, 5.41) is 0. The molecule has 0 radical (unpaired) electrons. The molecule has 0 aliphatic heterocycles. The lowest BCUT2D eigenvalue weighted by Crippen LogP contribution is -2.20. The Morgan fingerprint density at radius 3 is 2.44 bits per heavy atom. The fourth-order valence-corrected chi connectivity index (χ4v) is 3.43. The molecule has 27 heavy (non-hydrogen) atoms. The van der Waals surface area contributed by atoms with E-state index in [1.54, 1.807) is 6.92 Å². The van der Waals surface area contributed by atoms with Crippen molar-refractivity contribution in [3.05, 3.63) is 88.6 Å². The second-order valence-electron chi connectivity index (χ2n) is 7.31. The number of hydrogen-bond donors (Lipinski definition) is 0. The number of ketones is 1. The van der Waals surface area contributed by atoms with Crippen LogP contribution in [0.25, 0.3) is 0 Å². The number of allylic oxidation sites excluding steroid dienone is 3. The SMILES string of the molecule is C=C/C(CC(C)=O)=C(/CCc1cccc(C)c1C)N(C)c1cccc(C)c1. The van der Waals surface area contributed by atoms with Crippen LogP contribution in [0.1, 0.15) is 42.0 Å². The second kappa shape index (κ2) is 9.36. The maximum absolute atomic E-state index is 11.8. The number of nitrogens with zero attached hydrogens (tertiary/aromatic N) is 1.